The first-order chi connectivity index (χ1) is 19.9. The number of aliphatic carboxylic acids is 4. The molecule has 12 nitrogen and oxygen atoms in total. The molecule has 2 rings (SSSR count). The number of aliphatic hydroxyl groups excluding tert-OH is 1. The number of aliphatic hydroxyl groups is 1. The molecule has 0 bridgehead atoms. The van der Waals surface area contributed by atoms with Crippen LogP contribution in [0, 0.1) is 6.92 Å². The second-order valence-corrected chi connectivity index (χ2v) is 10.9. The van der Waals surface area contributed by atoms with E-state index < -0.39 is 38.6 Å². The van der Waals surface area contributed by atoms with Crippen LogP contribution in [0.5, 0.6) is 0 Å². The Balaban J connectivity index is 0. The minimum absolute atomic E-state index is 0.00481. The standard InChI is InChI=1S/C12H14O4S.C7H10O3.C6H10O3.C5H8O2/c1-3-4-11(12(13)14)17(15,16)10-7-5-9(2)6-8-10;1-5(7(8)9)2-3-6-4-10-6;1-3-5(7)4(2)6(8)9;1-3-4(2)5(6)7/h4-8H,3H2,1-2H3,(H,13,14);2,6H,3-4H2,1H3,(H,8,9);7H,3H2,1-2H3,(H,8,9);3H,1-2H3,(H,6,7)/b11-4+;5-2+;5-4+;4-3+. The number of carbonyl (C=O) groups is 4. The third-order valence-corrected chi connectivity index (χ3v) is 7.32. The minimum Gasteiger partial charge on any atom is -0.512 e. The summed E-state index contributed by atoms with van der Waals surface area (Å²) in [6, 6.07) is 6.10. The van der Waals surface area contributed by atoms with Crippen molar-refractivity contribution in [2.75, 3.05) is 6.61 Å². The quantitative estimate of drug-likeness (QED) is 0.127. The Hall–Kier alpha value is -4.23. The van der Waals surface area contributed by atoms with Crippen LogP contribution in [-0.4, -0.2) is 70.5 Å². The number of hydrogen-bond acceptors (Lipinski definition) is 8. The average Bonchev–Trinajstić information content (AvgIpc) is 3.78. The molecule has 1 unspecified atom stereocenters. The van der Waals surface area contributed by atoms with Gasteiger partial charge in [0.15, 0.2) is 4.91 Å². The van der Waals surface area contributed by atoms with Gasteiger partial charge in [0, 0.05) is 17.6 Å². The third kappa shape index (κ3) is 17.4. The highest BCUT2D eigenvalue weighted by atomic mass is 32.2. The van der Waals surface area contributed by atoms with Gasteiger partial charge in [-0.3, -0.25) is 0 Å². The van der Waals surface area contributed by atoms with Crippen molar-refractivity contribution in [1.29, 1.82) is 0 Å². The van der Waals surface area contributed by atoms with Gasteiger partial charge in [0.05, 0.1) is 23.2 Å². The van der Waals surface area contributed by atoms with Gasteiger partial charge >= 0.3 is 23.9 Å². The van der Waals surface area contributed by atoms with Crippen LogP contribution in [-0.2, 0) is 33.8 Å². The molecule has 0 aromatic heterocycles. The molecule has 1 atom stereocenters. The highest BCUT2D eigenvalue weighted by Crippen LogP contribution is 2.20. The Labute approximate surface area is 252 Å². The molecule has 1 aliphatic rings. The molecule has 1 fully saturated rings. The summed E-state index contributed by atoms with van der Waals surface area (Å²) in [5.74, 6) is -4.23. The number of sulfone groups is 1. The van der Waals surface area contributed by atoms with Crippen molar-refractivity contribution in [2.24, 2.45) is 0 Å². The number of aryl methyl sites for hydroxylation is 1. The molecule has 13 heteroatoms. The summed E-state index contributed by atoms with van der Waals surface area (Å²) in [6.45, 7) is 12.2. The van der Waals surface area contributed by atoms with Crippen molar-refractivity contribution >= 4 is 33.7 Å². The summed E-state index contributed by atoms with van der Waals surface area (Å²) in [7, 11) is -3.92. The number of ether oxygens (including phenoxy) is 1. The number of hydrogen-bond donors (Lipinski definition) is 5. The average molecular weight is 627 g/mol. The maximum atomic E-state index is 12.0. The van der Waals surface area contributed by atoms with E-state index in [1.54, 1.807) is 58.9 Å². The summed E-state index contributed by atoms with van der Waals surface area (Å²) in [5, 5.41) is 42.5. The highest BCUT2D eigenvalue weighted by Gasteiger charge is 2.26. The number of carboxylic acids is 4. The van der Waals surface area contributed by atoms with E-state index in [4.69, 9.17) is 30.3 Å². The second-order valence-electron chi connectivity index (χ2n) is 8.99. The van der Waals surface area contributed by atoms with E-state index in [0.29, 0.717) is 24.0 Å². The normalized spacial score (nSPS) is 15.1. The smallest absolute Gasteiger partial charge is 0.347 e. The van der Waals surface area contributed by atoms with E-state index in [2.05, 4.69) is 0 Å². The Bertz CT molecular complexity index is 1330. The molecule has 5 N–H and O–H groups in total. The topological polar surface area (TPSA) is 216 Å². The number of epoxide rings is 1. The van der Waals surface area contributed by atoms with Crippen molar-refractivity contribution in [3.8, 4) is 0 Å². The molecular formula is C30H42O12S. The maximum absolute atomic E-state index is 12.0. The first-order valence-electron chi connectivity index (χ1n) is 13.1. The fourth-order valence-electron chi connectivity index (χ4n) is 2.45. The summed E-state index contributed by atoms with van der Waals surface area (Å²) in [6.07, 6.45) is 6.21. The van der Waals surface area contributed by atoms with E-state index in [0.717, 1.165) is 18.6 Å². The van der Waals surface area contributed by atoms with Crippen molar-refractivity contribution in [3.05, 3.63) is 75.4 Å². The third-order valence-electron chi connectivity index (χ3n) is 5.51. The Kier molecular flexibility index (Phi) is 19.6. The fourth-order valence-corrected chi connectivity index (χ4v) is 3.82. The van der Waals surface area contributed by atoms with E-state index in [9.17, 15) is 27.6 Å². The van der Waals surface area contributed by atoms with Crippen LogP contribution in [0.15, 0.2) is 74.8 Å². The SMILES string of the molecule is C/C(=C\CC1CO1)C(=O)O.C/C=C(\C)C(=O)O.CC/C(O)=C(/C)C(=O)O.CC/C=C(\C(=O)O)S(=O)(=O)c1ccc(C)cc1. The number of allylic oxidation sites excluding steroid dienone is 3. The van der Waals surface area contributed by atoms with Gasteiger partial charge in [-0.05, 0) is 59.6 Å². The molecule has 1 heterocycles. The molecule has 0 aliphatic carbocycles. The lowest BCUT2D eigenvalue weighted by Crippen LogP contribution is -2.13. The molecule has 0 radical (unpaired) electrons. The maximum Gasteiger partial charge on any atom is 0.347 e. The van der Waals surface area contributed by atoms with Crippen molar-refractivity contribution in [2.45, 2.75) is 78.7 Å². The van der Waals surface area contributed by atoms with Gasteiger partial charge in [-0.15, -0.1) is 0 Å². The molecule has 1 saturated heterocycles. The van der Waals surface area contributed by atoms with Crippen molar-refractivity contribution in [1.82, 2.24) is 0 Å². The lowest BCUT2D eigenvalue weighted by atomic mass is 10.2. The monoisotopic (exact) mass is 626 g/mol. The molecule has 1 aliphatic heterocycles. The predicted molar refractivity (Wildman–Crippen MR) is 160 cm³/mol. The molecule has 0 saturated carbocycles. The van der Waals surface area contributed by atoms with Gasteiger partial charge in [0.1, 0.15) is 5.76 Å². The molecular weight excluding hydrogens is 584 g/mol. The van der Waals surface area contributed by atoms with Gasteiger partial charge in [-0.2, -0.15) is 0 Å². The zero-order chi connectivity index (χ0) is 33.9. The van der Waals surface area contributed by atoms with Gasteiger partial charge in [0.25, 0.3) is 0 Å². The van der Waals surface area contributed by atoms with Crippen LogP contribution >= 0.6 is 0 Å². The molecule has 0 spiro atoms. The lowest BCUT2D eigenvalue weighted by molar-refractivity contribution is -0.133. The minimum atomic E-state index is -3.92. The van der Waals surface area contributed by atoms with Crippen LogP contribution in [0.25, 0.3) is 0 Å². The van der Waals surface area contributed by atoms with Crippen LogP contribution in [0.3, 0.4) is 0 Å². The predicted octanol–water partition coefficient (Wildman–Crippen LogP) is 5.30. The summed E-state index contributed by atoms with van der Waals surface area (Å²) in [5.41, 5.74) is 1.73. The van der Waals surface area contributed by atoms with Crippen LogP contribution in [0.4, 0.5) is 0 Å². The zero-order valence-corrected chi connectivity index (χ0v) is 26.3. The van der Waals surface area contributed by atoms with Crippen molar-refractivity contribution in [3.63, 3.8) is 0 Å². The summed E-state index contributed by atoms with van der Waals surface area (Å²) < 4.78 is 29.0. The lowest BCUT2D eigenvalue weighted by Gasteiger charge is -2.05. The fraction of sp³-hybridized carbons (Fsp3) is 0.400. The number of carboxylic acid groups (broad SMARTS) is 4. The Morgan fingerprint density at radius 2 is 1.33 bits per heavy atom. The summed E-state index contributed by atoms with van der Waals surface area (Å²) >= 11 is 0. The number of rotatable bonds is 10. The van der Waals surface area contributed by atoms with Gasteiger partial charge in [-0.25, -0.2) is 27.6 Å². The van der Waals surface area contributed by atoms with Crippen LogP contribution in [0.2, 0.25) is 0 Å². The van der Waals surface area contributed by atoms with E-state index in [-0.39, 0.29) is 22.3 Å². The molecule has 1 aromatic rings. The second kappa shape index (κ2) is 20.6. The Morgan fingerprint density at radius 1 is 0.837 bits per heavy atom. The van der Waals surface area contributed by atoms with Crippen LogP contribution < -0.4 is 0 Å². The van der Waals surface area contributed by atoms with Gasteiger partial charge < -0.3 is 30.3 Å². The van der Waals surface area contributed by atoms with Gasteiger partial charge in [0.2, 0.25) is 9.84 Å². The first-order valence-corrected chi connectivity index (χ1v) is 14.6. The Morgan fingerprint density at radius 3 is 1.60 bits per heavy atom. The molecule has 240 valence electrons. The molecule has 43 heavy (non-hydrogen) atoms. The van der Waals surface area contributed by atoms with Gasteiger partial charge in [-0.1, -0.05) is 49.8 Å². The highest BCUT2D eigenvalue weighted by molar-refractivity contribution is 7.96. The van der Waals surface area contributed by atoms with Crippen molar-refractivity contribution < 1.29 is 57.9 Å². The van der Waals surface area contributed by atoms with E-state index in [1.165, 1.54) is 25.1 Å². The van der Waals surface area contributed by atoms with E-state index >= 15 is 0 Å². The molecule has 1 aromatic carbocycles. The van der Waals surface area contributed by atoms with Crippen LogP contribution in [0.1, 0.15) is 66.4 Å². The first kappa shape index (κ1) is 40.9. The zero-order valence-electron chi connectivity index (χ0n) is 25.4. The van der Waals surface area contributed by atoms with E-state index in [1.807, 2.05) is 6.92 Å². The largest absolute Gasteiger partial charge is 0.512 e. The summed E-state index contributed by atoms with van der Waals surface area (Å²) in [4.78, 5) is 40.5. The molecule has 0 amide bonds. The number of benzene rings is 1.